The van der Waals surface area contributed by atoms with Gasteiger partial charge in [-0.1, -0.05) is 201 Å². The standard InChI is InChI=1S/C84H54F5NO2/c1-3-53-22-40-65(41-23-53)91-67-44-30-59(31-45-67)83(75-18-10-20-79(86)81(75)88)73-16-7-5-14-69(73)71-48-38-63(51-77(71)83)90(62-36-28-56(29-37-62)58-13-9-12-57(50-58)55-26-34-61(85)35-27-55)64-39-49-72-70-15-6-8-17-74(70)84(78(72)52-64,76-19-11-21-80(87)82(76)89)60-32-46-68(47-33-60)92-66-42-24-54(4-2)25-43-66/h3-52H,1-2H2. The summed E-state index contributed by atoms with van der Waals surface area (Å²) in [7, 11) is 0. The highest BCUT2D eigenvalue weighted by Gasteiger charge is 2.50. The van der Waals surface area contributed by atoms with Crippen LogP contribution in [0.15, 0.2) is 304 Å². The van der Waals surface area contributed by atoms with Crippen LogP contribution in [0.4, 0.5) is 39.0 Å². The number of fused-ring (bicyclic) bond motifs is 6. The van der Waals surface area contributed by atoms with E-state index in [0.29, 0.717) is 56.6 Å². The molecular weight excluding hydrogens is 1150 g/mol. The number of ether oxygens (including phenoxy) is 2. The van der Waals surface area contributed by atoms with E-state index >= 15 is 17.6 Å². The van der Waals surface area contributed by atoms with E-state index in [-0.39, 0.29) is 16.9 Å². The molecule has 0 radical (unpaired) electrons. The zero-order valence-electron chi connectivity index (χ0n) is 49.4. The summed E-state index contributed by atoms with van der Waals surface area (Å²) >= 11 is 0. The third-order valence-electron chi connectivity index (χ3n) is 18.1. The molecule has 0 bridgehead atoms. The summed E-state index contributed by atoms with van der Waals surface area (Å²) in [4.78, 5) is 2.12. The molecule has 2 aliphatic carbocycles. The third kappa shape index (κ3) is 9.49. The van der Waals surface area contributed by atoms with Gasteiger partial charge in [-0.2, -0.15) is 0 Å². The summed E-state index contributed by atoms with van der Waals surface area (Å²) in [5.41, 5.74) is 12.5. The molecule has 0 saturated heterocycles. The number of anilines is 3. The van der Waals surface area contributed by atoms with Crippen molar-refractivity contribution in [3.63, 3.8) is 0 Å². The molecule has 13 aromatic rings. The zero-order valence-corrected chi connectivity index (χ0v) is 49.4. The molecule has 442 valence electrons. The van der Waals surface area contributed by atoms with Crippen LogP contribution < -0.4 is 14.4 Å². The Kier molecular flexibility index (Phi) is 14.3. The Balaban J connectivity index is 0.944. The van der Waals surface area contributed by atoms with E-state index in [1.165, 1.54) is 12.1 Å². The predicted octanol–water partition coefficient (Wildman–Crippen LogP) is 22.8. The van der Waals surface area contributed by atoms with E-state index < -0.39 is 34.1 Å². The Morgan fingerprint density at radius 1 is 0.293 bits per heavy atom. The van der Waals surface area contributed by atoms with E-state index in [1.807, 2.05) is 212 Å². The van der Waals surface area contributed by atoms with Gasteiger partial charge in [0.25, 0.3) is 0 Å². The number of nitrogens with zero attached hydrogens (tertiary/aromatic N) is 1. The summed E-state index contributed by atoms with van der Waals surface area (Å²) in [6, 6.07) is 89.6. The molecule has 0 saturated carbocycles. The number of hydrogen-bond acceptors (Lipinski definition) is 3. The van der Waals surface area contributed by atoms with Gasteiger partial charge in [-0.05, 0) is 204 Å². The molecule has 0 aliphatic heterocycles. The number of halogens is 5. The van der Waals surface area contributed by atoms with Gasteiger partial charge in [-0.25, -0.2) is 22.0 Å². The van der Waals surface area contributed by atoms with Gasteiger partial charge in [0.2, 0.25) is 0 Å². The first kappa shape index (κ1) is 56.9. The minimum Gasteiger partial charge on any atom is -0.457 e. The van der Waals surface area contributed by atoms with Gasteiger partial charge < -0.3 is 14.4 Å². The highest BCUT2D eigenvalue weighted by Crippen LogP contribution is 2.61. The fraction of sp³-hybridized carbons (Fsp3) is 0.0238. The van der Waals surface area contributed by atoms with Crippen LogP contribution in [-0.2, 0) is 10.8 Å². The molecule has 15 rings (SSSR count). The molecule has 3 nitrogen and oxygen atoms in total. The van der Waals surface area contributed by atoms with Gasteiger partial charge in [0.05, 0.1) is 10.8 Å². The normalized spacial score (nSPS) is 15.0. The van der Waals surface area contributed by atoms with E-state index in [1.54, 1.807) is 48.6 Å². The maximum Gasteiger partial charge on any atom is 0.163 e. The molecule has 0 spiro atoms. The first-order valence-corrected chi connectivity index (χ1v) is 30.2. The third-order valence-corrected chi connectivity index (χ3v) is 18.1. The van der Waals surface area contributed by atoms with Crippen LogP contribution in [-0.4, -0.2) is 0 Å². The second-order valence-electron chi connectivity index (χ2n) is 23.0. The smallest absolute Gasteiger partial charge is 0.163 e. The monoisotopic (exact) mass is 1200 g/mol. The molecule has 2 unspecified atom stereocenters. The molecule has 92 heavy (non-hydrogen) atoms. The van der Waals surface area contributed by atoms with Crippen molar-refractivity contribution in [1.29, 1.82) is 0 Å². The summed E-state index contributed by atoms with van der Waals surface area (Å²) in [6.45, 7) is 7.75. The highest BCUT2D eigenvalue weighted by molar-refractivity contribution is 5.93. The highest BCUT2D eigenvalue weighted by atomic mass is 19.2. The number of hydrogen-bond donors (Lipinski definition) is 0. The van der Waals surface area contributed by atoms with Crippen LogP contribution in [0.5, 0.6) is 23.0 Å². The summed E-state index contributed by atoms with van der Waals surface area (Å²) in [5, 5.41) is 0. The van der Waals surface area contributed by atoms with Crippen molar-refractivity contribution in [2.75, 3.05) is 4.90 Å². The Morgan fingerprint density at radius 3 is 1.08 bits per heavy atom. The zero-order chi connectivity index (χ0) is 62.7. The van der Waals surface area contributed by atoms with Gasteiger partial charge in [0.1, 0.15) is 28.8 Å². The van der Waals surface area contributed by atoms with Crippen molar-refractivity contribution in [3.05, 3.63) is 389 Å². The first-order chi connectivity index (χ1) is 45.0. The fourth-order valence-electron chi connectivity index (χ4n) is 13.8. The van der Waals surface area contributed by atoms with Crippen LogP contribution in [0, 0.1) is 29.1 Å². The minimum atomic E-state index is -1.43. The Bertz CT molecular complexity index is 4760. The van der Waals surface area contributed by atoms with Gasteiger partial charge in [-0.3, -0.25) is 0 Å². The largest absolute Gasteiger partial charge is 0.457 e. The van der Waals surface area contributed by atoms with Crippen LogP contribution >= 0.6 is 0 Å². The van der Waals surface area contributed by atoms with Crippen molar-refractivity contribution < 1.29 is 31.4 Å². The quantitative estimate of drug-likeness (QED) is 0.0955. The molecule has 2 atom stereocenters. The number of benzene rings is 13. The van der Waals surface area contributed by atoms with Gasteiger partial charge >= 0.3 is 0 Å². The molecule has 0 heterocycles. The van der Waals surface area contributed by atoms with E-state index in [9.17, 15) is 4.39 Å². The molecular formula is C84H54F5NO2. The van der Waals surface area contributed by atoms with Crippen molar-refractivity contribution in [2.45, 2.75) is 10.8 Å². The average molecular weight is 1200 g/mol. The van der Waals surface area contributed by atoms with Crippen molar-refractivity contribution in [3.8, 4) is 67.5 Å². The lowest BCUT2D eigenvalue weighted by Gasteiger charge is -2.36. The summed E-state index contributed by atoms with van der Waals surface area (Å²) < 4.78 is 94.0. The molecule has 0 N–H and O–H groups in total. The number of rotatable bonds is 15. The minimum absolute atomic E-state index is 0.118. The first-order valence-electron chi connectivity index (χ1n) is 30.2. The van der Waals surface area contributed by atoms with Crippen molar-refractivity contribution in [2.24, 2.45) is 0 Å². The second-order valence-corrected chi connectivity index (χ2v) is 23.0. The Hall–Kier alpha value is -11.6. The van der Waals surface area contributed by atoms with Crippen molar-refractivity contribution in [1.82, 2.24) is 0 Å². The SMILES string of the molecule is C=Cc1ccc(Oc2ccc(C3(c4cccc(F)c4F)c4ccccc4-c4ccc(N(c5ccc(-c6cccc(-c7ccc(F)cc7)c6)cc5)c5ccc6c(c5)C(c5ccc(Oc7ccc(C=C)cc7)cc5)(c5cccc(F)c5F)c5ccccc5-6)cc43)cc2)cc1. The Labute approximate surface area is 530 Å². The second kappa shape index (κ2) is 23.1. The predicted molar refractivity (Wildman–Crippen MR) is 360 cm³/mol. The lowest BCUT2D eigenvalue weighted by Crippen LogP contribution is -2.30. The van der Waals surface area contributed by atoms with Gasteiger partial charge in [0, 0.05) is 28.2 Å². The van der Waals surface area contributed by atoms with Gasteiger partial charge in [0.15, 0.2) is 23.3 Å². The van der Waals surface area contributed by atoms with Crippen LogP contribution in [0.2, 0.25) is 0 Å². The maximum atomic E-state index is 17.4. The summed E-state index contributed by atoms with van der Waals surface area (Å²) in [5.74, 6) is -1.96. The topological polar surface area (TPSA) is 21.7 Å². The average Bonchev–Trinajstić information content (AvgIpc) is 1.45. The van der Waals surface area contributed by atoms with Gasteiger partial charge in [-0.15, -0.1) is 0 Å². The molecule has 13 aromatic carbocycles. The Morgan fingerprint density at radius 2 is 0.652 bits per heavy atom. The van der Waals surface area contributed by atoms with E-state index in [2.05, 4.69) is 36.3 Å². The van der Waals surface area contributed by atoms with Crippen LogP contribution in [0.1, 0.15) is 55.6 Å². The molecule has 8 heteroatoms. The van der Waals surface area contributed by atoms with Crippen molar-refractivity contribution >= 4 is 29.2 Å². The summed E-state index contributed by atoms with van der Waals surface area (Å²) in [6.07, 6.45) is 3.52. The molecule has 0 aromatic heterocycles. The van der Waals surface area contributed by atoms with Crippen LogP contribution in [0.3, 0.4) is 0 Å². The van der Waals surface area contributed by atoms with Crippen LogP contribution in [0.25, 0.3) is 56.7 Å². The molecule has 2 aliphatic rings. The molecule has 0 fully saturated rings. The van der Waals surface area contributed by atoms with E-state index in [4.69, 9.17) is 9.47 Å². The fourth-order valence-corrected chi connectivity index (χ4v) is 13.8. The molecule has 0 amide bonds. The lowest BCUT2D eigenvalue weighted by molar-refractivity contribution is 0.480. The van der Waals surface area contributed by atoms with E-state index in [0.717, 1.165) is 84.6 Å². The lowest BCUT2D eigenvalue weighted by atomic mass is 9.67. The maximum absolute atomic E-state index is 17.4.